The minimum absolute atomic E-state index is 0.103. The summed E-state index contributed by atoms with van der Waals surface area (Å²) in [5.41, 5.74) is 5.17. The molecule has 0 radical (unpaired) electrons. The third kappa shape index (κ3) is 3.08. The highest BCUT2D eigenvalue weighted by Gasteiger charge is 2.15. The van der Waals surface area contributed by atoms with Crippen molar-refractivity contribution in [3.05, 3.63) is 29.6 Å². The minimum atomic E-state index is -3.70. The fraction of sp³-hybridized carbons (Fsp3) is 0.222. The Hall–Kier alpha value is -1.87. The summed E-state index contributed by atoms with van der Waals surface area (Å²) in [5, 5.41) is 11.1. The number of benzene rings is 1. The quantitative estimate of drug-likeness (QED) is 0.314. The summed E-state index contributed by atoms with van der Waals surface area (Å²) in [6.45, 7) is 0. The normalized spacial score (nSPS) is 12.8. The van der Waals surface area contributed by atoms with Gasteiger partial charge in [0.25, 0.3) is 0 Å². The van der Waals surface area contributed by atoms with Gasteiger partial charge in [0.15, 0.2) is 5.84 Å². The Morgan fingerprint density at radius 3 is 2.61 bits per heavy atom. The third-order valence-corrected chi connectivity index (χ3v) is 3.53. The van der Waals surface area contributed by atoms with Gasteiger partial charge in [-0.15, -0.1) is 0 Å². The van der Waals surface area contributed by atoms with Gasteiger partial charge in [0, 0.05) is 14.1 Å². The Morgan fingerprint density at radius 2 is 2.11 bits per heavy atom. The Kier molecular flexibility index (Phi) is 4.09. The van der Waals surface area contributed by atoms with Gasteiger partial charge < -0.3 is 10.9 Å². The molecule has 0 saturated heterocycles. The van der Waals surface area contributed by atoms with E-state index in [-0.39, 0.29) is 11.3 Å². The first-order valence-corrected chi connectivity index (χ1v) is 6.19. The van der Waals surface area contributed by atoms with E-state index in [4.69, 9.17) is 10.9 Å². The number of hydrogen-bond acceptors (Lipinski definition) is 4. The van der Waals surface area contributed by atoms with Crippen LogP contribution in [0.4, 0.5) is 10.1 Å². The Labute approximate surface area is 104 Å². The molecule has 0 atom stereocenters. The standard InChI is InChI=1S/C9H13FN4O3S/c1-14(2)18(16,17)13-6-3-4-8(10)7(5-6)9(11)12-15/h3-5,13,15H,1-2H3,(H2,11,12). The van der Waals surface area contributed by atoms with Crippen molar-refractivity contribution in [1.29, 1.82) is 0 Å². The second-order valence-electron chi connectivity index (χ2n) is 3.57. The molecule has 0 unspecified atom stereocenters. The molecule has 100 valence electrons. The van der Waals surface area contributed by atoms with E-state index in [1.807, 2.05) is 0 Å². The Morgan fingerprint density at radius 1 is 1.50 bits per heavy atom. The van der Waals surface area contributed by atoms with E-state index in [0.29, 0.717) is 0 Å². The van der Waals surface area contributed by atoms with E-state index < -0.39 is 21.9 Å². The van der Waals surface area contributed by atoms with Crippen molar-refractivity contribution in [2.45, 2.75) is 0 Å². The van der Waals surface area contributed by atoms with Crippen molar-refractivity contribution in [3.8, 4) is 0 Å². The fourth-order valence-corrected chi connectivity index (χ4v) is 1.69. The molecule has 0 saturated carbocycles. The van der Waals surface area contributed by atoms with E-state index in [1.54, 1.807) is 0 Å². The van der Waals surface area contributed by atoms with Crippen LogP contribution in [0.2, 0.25) is 0 Å². The monoisotopic (exact) mass is 276 g/mol. The van der Waals surface area contributed by atoms with E-state index in [1.165, 1.54) is 20.2 Å². The zero-order valence-corrected chi connectivity index (χ0v) is 10.6. The number of hydrogen-bond donors (Lipinski definition) is 3. The zero-order valence-electron chi connectivity index (χ0n) is 9.75. The molecule has 0 aliphatic carbocycles. The maximum absolute atomic E-state index is 13.3. The van der Waals surface area contributed by atoms with E-state index in [9.17, 15) is 12.8 Å². The lowest BCUT2D eigenvalue weighted by molar-refractivity contribution is 0.318. The van der Waals surface area contributed by atoms with Crippen molar-refractivity contribution in [2.75, 3.05) is 18.8 Å². The largest absolute Gasteiger partial charge is 0.409 e. The number of anilines is 1. The topological polar surface area (TPSA) is 108 Å². The van der Waals surface area contributed by atoms with E-state index >= 15 is 0 Å². The summed E-state index contributed by atoms with van der Waals surface area (Å²) >= 11 is 0. The lowest BCUT2D eigenvalue weighted by Crippen LogP contribution is -2.29. The van der Waals surface area contributed by atoms with Gasteiger partial charge in [-0.25, -0.2) is 4.39 Å². The summed E-state index contributed by atoms with van der Waals surface area (Å²) < 4.78 is 39.6. The SMILES string of the molecule is CN(C)S(=O)(=O)Nc1ccc(F)c(C(N)=NO)c1. The Bertz CT molecular complexity index is 571. The molecule has 0 fully saturated rings. The van der Waals surface area contributed by atoms with Crippen LogP contribution in [0.1, 0.15) is 5.56 Å². The second-order valence-corrected chi connectivity index (χ2v) is 5.45. The van der Waals surface area contributed by atoms with Gasteiger partial charge in [0.2, 0.25) is 0 Å². The average molecular weight is 276 g/mol. The molecule has 0 spiro atoms. The maximum atomic E-state index is 13.3. The second kappa shape index (κ2) is 5.19. The molecule has 0 aliphatic rings. The van der Waals surface area contributed by atoms with Gasteiger partial charge in [-0.1, -0.05) is 5.16 Å². The molecule has 7 nitrogen and oxygen atoms in total. The van der Waals surface area contributed by atoms with Crippen LogP contribution in [0, 0.1) is 5.82 Å². The summed E-state index contributed by atoms with van der Waals surface area (Å²) in [6, 6.07) is 3.37. The predicted octanol–water partition coefficient (Wildman–Crippen LogP) is 0.138. The van der Waals surface area contributed by atoms with Crippen molar-refractivity contribution in [2.24, 2.45) is 10.9 Å². The minimum Gasteiger partial charge on any atom is -0.409 e. The van der Waals surface area contributed by atoms with Gasteiger partial charge in [-0.05, 0) is 18.2 Å². The maximum Gasteiger partial charge on any atom is 0.301 e. The lowest BCUT2D eigenvalue weighted by atomic mass is 10.2. The highest BCUT2D eigenvalue weighted by atomic mass is 32.2. The van der Waals surface area contributed by atoms with Crippen LogP contribution < -0.4 is 10.5 Å². The summed E-state index contributed by atoms with van der Waals surface area (Å²) in [7, 11) is -1.01. The van der Waals surface area contributed by atoms with Gasteiger partial charge in [-0.2, -0.15) is 12.7 Å². The summed E-state index contributed by atoms with van der Waals surface area (Å²) in [4.78, 5) is 0. The highest BCUT2D eigenvalue weighted by molar-refractivity contribution is 7.90. The smallest absolute Gasteiger partial charge is 0.301 e. The van der Waals surface area contributed by atoms with Crippen molar-refractivity contribution in [3.63, 3.8) is 0 Å². The number of nitrogens with one attached hydrogen (secondary N) is 1. The molecule has 1 aromatic rings. The molecule has 0 heterocycles. The van der Waals surface area contributed by atoms with E-state index in [2.05, 4.69) is 9.88 Å². The van der Waals surface area contributed by atoms with Crippen LogP contribution in [0.15, 0.2) is 23.4 Å². The number of nitrogens with zero attached hydrogens (tertiary/aromatic N) is 2. The first-order valence-electron chi connectivity index (χ1n) is 4.75. The molecule has 18 heavy (non-hydrogen) atoms. The Balaban J connectivity index is 3.15. The van der Waals surface area contributed by atoms with Crippen molar-refractivity contribution < 1.29 is 18.0 Å². The molecule has 0 bridgehead atoms. The number of halogens is 1. The summed E-state index contributed by atoms with van der Waals surface area (Å²) in [5.74, 6) is -1.17. The van der Waals surface area contributed by atoms with Crippen LogP contribution in [0.5, 0.6) is 0 Å². The zero-order chi connectivity index (χ0) is 13.9. The van der Waals surface area contributed by atoms with Gasteiger partial charge in [0.1, 0.15) is 5.82 Å². The van der Waals surface area contributed by atoms with Gasteiger partial charge in [0.05, 0.1) is 11.3 Å². The molecular formula is C9H13FN4O3S. The molecule has 1 aromatic carbocycles. The summed E-state index contributed by atoms with van der Waals surface area (Å²) in [6.07, 6.45) is 0. The highest BCUT2D eigenvalue weighted by Crippen LogP contribution is 2.16. The number of amidine groups is 1. The predicted molar refractivity (Wildman–Crippen MR) is 65.1 cm³/mol. The molecule has 1 rings (SSSR count). The van der Waals surface area contributed by atoms with Gasteiger partial charge >= 0.3 is 10.2 Å². The van der Waals surface area contributed by atoms with Crippen LogP contribution in [0.3, 0.4) is 0 Å². The number of nitrogens with two attached hydrogens (primary N) is 1. The van der Waals surface area contributed by atoms with E-state index in [0.717, 1.165) is 16.4 Å². The first-order chi connectivity index (χ1) is 8.27. The molecule has 9 heteroatoms. The van der Waals surface area contributed by atoms with Crippen LogP contribution in [-0.4, -0.2) is 37.9 Å². The average Bonchev–Trinajstić information content (AvgIpc) is 2.30. The molecule has 4 N–H and O–H groups in total. The molecule has 0 aromatic heterocycles. The molecule has 0 amide bonds. The fourth-order valence-electron chi connectivity index (χ4n) is 1.08. The third-order valence-electron chi connectivity index (χ3n) is 2.08. The van der Waals surface area contributed by atoms with Crippen LogP contribution >= 0.6 is 0 Å². The van der Waals surface area contributed by atoms with Crippen molar-refractivity contribution in [1.82, 2.24) is 4.31 Å². The molecule has 0 aliphatic heterocycles. The molecular weight excluding hydrogens is 263 g/mol. The van der Waals surface area contributed by atoms with Crippen LogP contribution in [-0.2, 0) is 10.2 Å². The van der Waals surface area contributed by atoms with Gasteiger partial charge in [-0.3, -0.25) is 4.72 Å². The van der Waals surface area contributed by atoms with Crippen LogP contribution in [0.25, 0.3) is 0 Å². The number of oxime groups is 1. The first kappa shape index (κ1) is 14.2. The van der Waals surface area contributed by atoms with Crippen molar-refractivity contribution >= 4 is 21.7 Å². The number of rotatable bonds is 4. The lowest BCUT2D eigenvalue weighted by Gasteiger charge is -2.14.